The highest BCUT2D eigenvalue weighted by atomic mass is 19.3. The minimum Gasteiger partial charge on any atom is -0.494 e. The normalized spacial score (nSPS) is 18.6. The van der Waals surface area contributed by atoms with E-state index in [1.165, 1.54) is 34.0 Å². The highest BCUT2D eigenvalue weighted by Gasteiger charge is 2.51. The molecule has 5 rings (SSSR count). The van der Waals surface area contributed by atoms with Gasteiger partial charge in [-0.05, 0) is 12.1 Å². The molecule has 1 saturated carbocycles. The number of para-hydroxylation sites is 1. The van der Waals surface area contributed by atoms with E-state index in [9.17, 15) is 18.4 Å². The van der Waals surface area contributed by atoms with Gasteiger partial charge in [0.1, 0.15) is 6.33 Å². The van der Waals surface area contributed by atoms with Crippen molar-refractivity contribution in [1.82, 2.24) is 35.2 Å². The van der Waals surface area contributed by atoms with E-state index in [-0.39, 0.29) is 30.3 Å². The molecule has 194 valence electrons. The number of nitrogens with one attached hydrogen (secondary N) is 2. The zero-order valence-corrected chi connectivity index (χ0v) is 19.9. The largest absolute Gasteiger partial charge is 0.494 e. The van der Waals surface area contributed by atoms with Crippen LogP contribution in [0.15, 0.2) is 30.6 Å². The topological polar surface area (TPSA) is 130 Å². The first-order chi connectivity index (χ1) is 18.8. The van der Waals surface area contributed by atoms with Gasteiger partial charge < -0.3 is 20.3 Å². The van der Waals surface area contributed by atoms with Gasteiger partial charge in [-0.3, -0.25) is 14.4 Å². The lowest BCUT2D eigenvalue weighted by Crippen LogP contribution is -2.52. The molecule has 0 bridgehead atoms. The second-order valence-corrected chi connectivity index (χ2v) is 8.72. The Morgan fingerprint density at radius 3 is 2.73 bits per heavy atom. The molecule has 1 aromatic carbocycles. The van der Waals surface area contributed by atoms with Gasteiger partial charge in [-0.25, -0.2) is 18.6 Å². The van der Waals surface area contributed by atoms with Crippen LogP contribution in [-0.2, 0) is 7.05 Å². The second kappa shape index (κ2) is 9.26. The summed E-state index contributed by atoms with van der Waals surface area (Å²) in [5.74, 6) is -3.07. The Kier molecular flexibility index (Phi) is 5.20. The predicted molar refractivity (Wildman–Crippen MR) is 129 cm³/mol. The summed E-state index contributed by atoms with van der Waals surface area (Å²) < 4.78 is 56.1. The summed E-state index contributed by atoms with van der Waals surface area (Å²) >= 11 is 0. The number of carbonyl (C=O) groups is 2. The van der Waals surface area contributed by atoms with Gasteiger partial charge in [0.2, 0.25) is 0 Å². The highest BCUT2D eigenvalue weighted by molar-refractivity contribution is 6.00. The van der Waals surface area contributed by atoms with E-state index in [1.807, 2.05) is 5.32 Å². The van der Waals surface area contributed by atoms with Crippen LogP contribution < -0.4 is 20.3 Å². The maximum atomic E-state index is 13.4. The number of benzene rings is 1. The molecule has 0 atom stereocenters. The molecule has 2 N–H and O–H groups in total. The predicted octanol–water partition coefficient (Wildman–Crippen LogP) is 2.42. The number of halogens is 2. The van der Waals surface area contributed by atoms with Crippen molar-refractivity contribution in [3.63, 3.8) is 0 Å². The molecule has 3 aromatic rings. The van der Waals surface area contributed by atoms with Crippen molar-refractivity contribution in [2.45, 2.75) is 24.8 Å². The van der Waals surface area contributed by atoms with E-state index in [0.29, 0.717) is 22.8 Å². The minimum atomic E-state index is -2.80. The molecule has 37 heavy (non-hydrogen) atoms. The fourth-order valence-electron chi connectivity index (χ4n) is 4.43. The average molecular weight is 517 g/mol. The minimum absolute atomic E-state index is 0.0256. The van der Waals surface area contributed by atoms with Crippen molar-refractivity contribution in [2.24, 2.45) is 7.05 Å². The van der Waals surface area contributed by atoms with E-state index in [0.717, 1.165) is 0 Å². The monoisotopic (exact) mass is 516 g/mol. The molecule has 1 saturated heterocycles. The molecule has 2 fully saturated rings. The molecular weight excluding hydrogens is 488 g/mol. The first kappa shape index (κ1) is 20.8. The number of nitrogens with zero attached hydrogens (tertiary/aromatic N) is 7. The van der Waals surface area contributed by atoms with Gasteiger partial charge in [-0.15, -0.1) is 10.2 Å². The molecule has 0 unspecified atom stereocenters. The third kappa shape index (κ3) is 4.49. The van der Waals surface area contributed by atoms with Crippen LogP contribution in [0.25, 0.3) is 11.4 Å². The molecule has 14 heteroatoms. The molecule has 3 amide bonds. The van der Waals surface area contributed by atoms with Crippen LogP contribution in [0.2, 0.25) is 0 Å². The third-order valence-corrected chi connectivity index (χ3v) is 6.27. The fraction of sp³-hybridized carbons (Fsp3) is 0.391. The van der Waals surface area contributed by atoms with Crippen LogP contribution in [0.1, 0.15) is 27.4 Å². The number of amides is 3. The second-order valence-electron chi connectivity index (χ2n) is 8.72. The molecule has 0 radical (unpaired) electrons. The van der Waals surface area contributed by atoms with Crippen LogP contribution in [-0.4, -0.2) is 80.9 Å². The van der Waals surface area contributed by atoms with Gasteiger partial charge in [-0.2, -0.15) is 5.10 Å². The van der Waals surface area contributed by atoms with Crippen LogP contribution in [0.5, 0.6) is 5.75 Å². The van der Waals surface area contributed by atoms with E-state index in [4.69, 9.17) is 8.85 Å². The lowest BCUT2D eigenvalue weighted by atomic mass is 9.87. The van der Waals surface area contributed by atoms with Crippen molar-refractivity contribution >= 4 is 29.1 Å². The zero-order chi connectivity index (χ0) is 28.8. The molecule has 2 aromatic heterocycles. The van der Waals surface area contributed by atoms with Crippen molar-refractivity contribution in [2.75, 3.05) is 37.4 Å². The Hall–Kier alpha value is -4.36. The molecule has 0 spiro atoms. The number of alkyl halides is 2. The Labute approximate surface area is 214 Å². The van der Waals surface area contributed by atoms with Crippen molar-refractivity contribution in [3.05, 3.63) is 36.3 Å². The third-order valence-electron chi connectivity index (χ3n) is 6.27. The molecule has 1 aliphatic heterocycles. The van der Waals surface area contributed by atoms with E-state index >= 15 is 0 Å². The standard InChI is InChI=1S/C23H25F2N9O3/c1-26-21(35)18-16(28-15-6-4-5-14(19(15)37-3)20-27-12-32(2)31-20)9-17(29-30-18)34-8-7-33(22(34)36)13-10-23(24,25)11-13/h4-6,9,12-13H,7-8,10-11H2,1-3H3,(H,26,35)(H,28,29)/i1D3. The van der Waals surface area contributed by atoms with E-state index in [2.05, 4.69) is 25.6 Å². The Morgan fingerprint density at radius 2 is 2.05 bits per heavy atom. The first-order valence-electron chi connectivity index (χ1n) is 12.8. The number of hydrogen-bond acceptors (Lipinski definition) is 8. The number of rotatable bonds is 7. The highest BCUT2D eigenvalue weighted by Crippen LogP contribution is 2.42. The first-order valence-corrected chi connectivity index (χ1v) is 11.3. The van der Waals surface area contributed by atoms with Gasteiger partial charge in [0.05, 0.1) is 24.0 Å². The van der Waals surface area contributed by atoms with Crippen LogP contribution in [0, 0.1) is 0 Å². The molecule has 3 heterocycles. The number of hydrogen-bond donors (Lipinski definition) is 2. The quantitative estimate of drug-likeness (QED) is 0.490. The number of urea groups is 1. The van der Waals surface area contributed by atoms with Gasteiger partial charge in [-0.1, -0.05) is 6.07 Å². The molecular formula is C23H25F2N9O3. The lowest BCUT2D eigenvalue weighted by Gasteiger charge is -2.40. The summed E-state index contributed by atoms with van der Waals surface area (Å²) in [6, 6.07) is 5.36. The van der Waals surface area contributed by atoms with E-state index in [1.54, 1.807) is 25.2 Å². The van der Waals surface area contributed by atoms with Gasteiger partial charge in [0, 0.05) is 56.2 Å². The van der Waals surface area contributed by atoms with E-state index < -0.39 is 43.7 Å². The number of aryl methyl sites for hydroxylation is 1. The Bertz CT molecular complexity index is 1460. The molecule has 12 nitrogen and oxygen atoms in total. The SMILES string of the molecule is [2H]C([2H])([2H])NC(=O)c1nnc(N2CCN(C3CC(F)(F)C3)C2=O)cc1Nc1cccc(-c2ncn(C)n2)c1OC. The maximum Gasteiger partial charge on any atom is 0.326 e. The van der Waals surface area contributed by atoms with Crippen LogP contribution in [0.3, 0.4) is 0 Å². The average Bonchev–Trinajstić information content (AvgIpc) is 3.46. The van der Waals surface area contributed by atoms with Gasteiger partial charge in [0.15, 0.2) is 23.1 Å². The Morgan fingerprint density at radius 1 is 1.24 bits per heavy atom. The van der Waals surface area contributed by atoms with Crippen molar-refractivity contribution in [3.8, 4) is 17.1 Å². The number of anilines is 3. The molecule has 1 aliphatic carbocycles. The maximum absolute atomic E-state index is 13.4. The summed E-state index contributed by atoms with van der Waals surface area (Å²) in [6.45, 7) is -2.41. The number of methoxy groups -OCH3 is 1. The summed E-state index contributed by atoms with van der Waals surface area (Å²) in [5.41, 5.74) is 0.565. The van der Waals surface area contributed by atoms with Crippen molar-refractivity contribution < 1.29 is 27.2 Å². The summed E-state index contributed by atoms with van der Waals surface area (Å²) in [4.78, 5) is 32.8. The summed E-state index contributed by atoms with van der Waals surface area (Å²) in [7, 11) is 3.15. The van der Waals surface area contributed by atoms with Gasteiger partial charge >= 0.3 is 6.03 Å². The smallest absolute Gasteiger partial charge is 0.326 e. The van der Waals surface area contributed by atoms with Crippen molar-refractivity contribution in [1.29, 1.82) is 0 Å². The lowest BCUT2D eigenvalue weighted by molar-refractivity contribution is -0.112. The molecule has 2 aliphatic rings. The summed E-state index contributed by atoms with van der Waals surface area (Å²) in [6.07, 6.45) is 0.716. The zero-order valence-electron chi connectivity index (χ0n) is 22.9. The number of ether oxygens (including phenoxy) is 1. The van der Waals surface area contributed by atoms with Gasteiger partial charge in [0.25, 0.3) is 11.8 Å². The Balaban J connectivity index is 1.50. The number of aromatic nitrogens is 5. The summed E-state index contributed by atoms with van der Waals surface area (Å²) in [5, 5.41) is 17.1. The van der Waals surface area contributed by atoms with Crippen LogP contribution in [0.4, 0.5) is 30.8 Å². The van der Waals surface area contributed by atoms with Crippen LogP contribution >= 0.6 is 0 Å². The fourth-order valence-corrected chi connectivity index (χ4v) is 4.43. The number of carbonyl (C=O) groups excluding carboxylic acids is 2.